The Morgan fingerprint density at radius 3 is 1.97 bits per heavy atom. The second-order valence-electron chi connectivity index (χ2n) is 11.2. The number of hydrogen-bond donors (Lipinski definition) is 0. The first-order valence-electron chi connectivity index (χ1n) is 13.5. The highest BCUT2D eigenvalue weighted by Gasteiger charge is 2.36. The van der Waals surface area contributed by atoms with Crippen LogP contribution in [-0.2, 0) is 0 Å². The van der Waals surface area contributed by atoms with E-state index in [0.29, 0.717) is 5.69 Å². The van der Waals surface area contributed by atoms with Gasteiger partial charge in [-0.05, 0) is 74.0 Å². The van der Waals surface area contributed by atoms with Gasteiger partial charge < -0.3 is 9.05 Å². The molecule has 0 atom stereocenters. The van der Waals surface area contributed by atoms with Crippen molar-refractivity contribution in [2.45, 2.75) is 27.7 Å². The Morgan fingerprint density at radius 2 is 1.28 bits per heavy atom. The van der Waals surface area contributed by atoms with Gasteiger partial charge in [0.05, 0.1) is 12.1 Å². The van der Waals surface area contributed by atoms with E-state index in [1.165, 1.54) is 77.0 Å². The average Bonchev–Trinajstić information content (AvgIpc) is 3.43. The summed E-state index contributed by atoms with van der Waals surface area (Å²) in [6.45, 7) is 16.6. The summed E-state index contributed by atoms with van der Waals surface area (Å²) in [5.41, 5.74) is 14.6. The summed E-state index contributed by atoms with van der Waals surface area (Å²) in [6.07, 6.45) is 0. The molecule has 0 fully saturated rings. The van der Waals surface area contributed by atoms with Crippen LogP contribution < -0.4 is 10.9 Å². The molecule has 3 nitrogen and oxygen atoms in total. The molecule has 3 heterocycles. The third kappa shape index (κ3) is 2.82. The fraction of sp³-hybridized carbons (Fsp3) is 0.114. The molecule has 0 unspecified atom stereocenters. The van der Waals surface area contributed by atoms with Crippen LogP contribution in [0.4, 0.5) is 5.69 Å². The van der Waals surface area contributed by atoms with Crippen molar-refractivity contribution < 1.29 is 0 Å². The smallest absolute Gasteiger partial charge is 0.332 e. The van der Waals surface area contributed by atoms with E-state index in [9.17, 15) is 0 Å². The van der Waals surface area contributed by atoms with E-state index >= 15 is 0 Å². The molecule has 0 spiro atoms. The van der Waals surface area contributed by atoms with Gasteiger partial charge in [0.2, 0.25) is 0 Å². The molecule has 0 radical (unpaired) electrons. The molecule has 0 N–H and O–H groups in total. The van der Waals surface area contributed by atoms with Crippen molar-refractivity contribution in [3.05, 3.63) is 119 Å². The molecule has 8 rings (SSSR count). The fourth-order valence-corrected chi connectivity index (χ4v) is 7.33. The number of hydrogen-bond acceptors (Lipinski definition) is 0. The van der Waals surface area contributed by atoms with Crippen molar-refractivity contribution in [1.82, 2.24) is 9.05 Å². The SMILES string of the molecule is [C-]#[N+]c1ccc2c3cccc4c3n(c2c1)-c1ccccc1B4n1c2c(C)cc(C)cc2c2cc(C)cc(C)c21. The van der Waals surface area contributed by atoms with E-state index in [-0.39, 0.29) is 6.85 Å². The second kappa shape index (κ2) is 7.65. The Bertz CT molecular complexity index is 2170. The third-order valence-corrected chi connectivity index (χ3v) is 8.62. The number of para-hydroxylation sites is 2. The van der Waals surface area contributed by atoms with Gasteiger partial charge in [-0.1, -0.05) is 71.8 Å². The maximum Gasteiger partial charge on any atom is 0.332 e. The molecule has 0 bridgehead atoms. The van der Waals surface area contributed by atoms with Gasteiger partial charge in [0.15, 0.2) is 5.69 Å². The van der Waals surface area contributed by atoms with Crippen LogP contribution in [-0.4, -0.2) is 15.9 Å². The van der Waals surface area contributed by atoms with Gasteiger partial charge in [-0.3, -0.25) is 0 Å². The molecule has 0 saturated heterocycles. The lowest BCUT2D eigenvalue weighted by molar-refractivity contribution is 1.18. The molecule has 5 aromatic carbocycles. The molecule has 7 aromatic rings. The van der Waals surface area contributed by atoms with Gasteiger partial charge in [0, 0.05) is 43.8 Å². The summed E-state index contributed by atoms with van der Waals surface area (Å²) in [4.78, 5) is 3.75. The van der Waals surface area contributed by atoms with E-state index in [1.807, 2.05) is 12.1 Å². The van der Waals surface area contributed by atoms with Crippen molar-refractivity contribution in [3.8, 4) is 5.69 Å². The molecular weight excluding hydrogens is 473 g/mol. The molecule has 4 heteroatoms. The summed E-state index contributed by atoms with van der Waals surface area (Å²) in [5, 5.41) is 5.08. The largest absolute Gasteiger partial charge is 0.375 e. The number of rotatable bonds is 1. The van der Waals surface area contributed by atoms with E-state index < -0.39 is 0 Å². The maximum atomic E-state index is 7.64. The third-order valence-electron chi connectivity index (χ3n) is 8.62. The Morgan fingerprint density at radius 1 is 0.615 bits per heavy atom. The van der Waals surface area contributed by atoms with Crippen LogP contribution in [0.1, 0.15) is 22.3 Å². The first kappa shape index (κ1) is 22.3. The minimum atomic E-state index is 0.0184. The Kier molecular flexibility index (Phi) is 4.37. The van der Waals surface area contributed by atoms with E-state index in [0.717, 1.165) is 5.52 Å². The normalized spacial score (nSPS) is 12.5. The van der Waals surface area contributed by atoms with Crippen LogP contribution in [0.2, 0.25) is 0 Å². The first-order chi connectivity index (χ1) is 19.0. The highest BCUT2D eigenvalue weighted by molar-refractivity contribution is 6.88. The molecule has 2 aromatic heterocycles. The van der Waals surface area contributed by atoms with Crippen molar-refractivity contribution in [1.29, 1.82) is 0 Å². The lowest BCUT2D eigenvalue weighted by Crippen LogP contribution is -2.53. The molecule has 0 aliphatic carbocycles. The molecule has 39 heavy (non-hydrogen) atoms. The van der Waals surface area contributed by atoms with Gasteiger partial charge in [0.25, 0.3) is 0 Å². The second-order valence-corrected chi connectivity index (χ2v) is 11.2. The van der Waals surface area contributed by atoms with Crippen LogP contribution in [0.3, 0.4) is 0 Å². The maximum absolute atomic E-state index is 7.64. The lowest BCUT2D eigenvalue weighted by atomic mass is 9.48. The Hall–Kier alpha value is -4.75. The Balaban J connectivity index is 1.61. The molecule has 184 valence electrons. The Labute approximate surface area is 227 Å². The number of aromatic nitrogens is 2. The molecule has 0 amide bonds. The standard InChI is InChI=1S/C35H26BN3/c1-20-15-22(3)33-27(17-20)28-18-21(2)16-23(4)34(28)39(33)36-29-10-6-7-12-31(29)38-32-19-24(37-5)13-14-25(32)26-9-8-11-30(36)35(26)38/h6-19H,1-4H3. The molecule has 0 saturated carbocycles. The zero-order chi connectivity index (χ0) is 26.6. The van der Waals surface area contributed by atoms with Gasteiger partial charge in [-0.15, -0.1) is 0 Å². The summed E-state index contributed by atoms with van der Waals surface area (Å²) < 4.78 is 5.01. The fourth-order valence-electron chi connectivity index (χ4n) is 7.33. The van der Waals surface area contributed by atoms with Crippen LogP contribution in [0.5, 0.6) is 0 Å². The predicted molar refractivity (Wildman–Crippen MR) is 166 cm³/mol. The van der Waals surface area contributed by atoms with Crippen molar-refractivity contribution >= 4 is 67.1 Å². The van der Waals surface area contributed by atoms with Crippen molar-refractivity contribution in [3.63, 3.8) is 0 Å². The monoisotopic (exact) mass is 499 g/mol. The van der Waals surface area contributed by atoms with E-state index in [1.54, 1.807) is 0 Å². The van der Waals surface area contributed by atoms with Crippen LogP contribution in [0, 0.1) is 34.3 Å². The van der Waals surface area contributed by atoms with Gasteiger partial charge >= 0.3 is 6.85 Å². The van der Waals surface area contributed by atoms with E-state index in [2.05, 4.69) is 114 Å². The average molecular weight is 499 g/mol. The summed E-state index contributed by atoms with van der Waals surface area (Å²) in [6, 6.07) is 31.0. The summed E-state index contributed by atoms with van der Waals surface area (Å²) in [5.74, 6) is 0. The van der Waals surface area contributed by atoms with Crippen LogP contribution in [0.25, 0.3) is 54.1 Å². The summed E-state index contributed by atoms with van der Waals surface area (Å²) in [7, 11) is 0. The van der Waals surface area contributed by atoms with Gasteiger partial charge in [-0.25, -0.2) is 4.85 Å². The quantitative estimate of drug-likeness (QED) is 0.163. The van der Waals surface area contributed by atoms with E-state index in [4.69, 9.17) is 6.57 Å². The van der Waals surface area contributed by atoms with Crippen molar-refractivity contribution in [2.75, 3.05) is 0 Å². The predicted octanol–water partition coefficient (Wildman–Crippen LogP) is 7.64. The molecular formula is C35H26BN3. The number of nitrogens with zero attached hydrogens (tertiary/aromatic N) is 3. The minimum Gasteiger partial charge on any atom is -0.375 e. The zero-order valence-electron chi connectivity index (χ0n) is 22.5. The molecule has 1 aliphatic heterocycles. The highest BCUT2D eigenvalue weighted by atomic mass is 15.0. The number of aryl methyl sites for hydroxylation is 4. The first-order valence-corrected chi connectivity index (χ1v) is 13.5. The van der Waals surface area contributed by atoms with Crippen LogP contribution >= 0.6 is 0 Å². The van der Waals surface area contributed by atoms with Crippen LogP contribution in [0.15, 0.2) is 84.9 Å². The van der Waals surface area contributed by atoms with Gasteiger partial charge in [-0.2, -0.15) is 0 Å². The van der Waals surface area contributed by atoms with Gasteiger partial charge in [0.1, 0.15) is 0 Å². The summed E-state index contributed by atoms with van der Waals surface area (Å²) >= 11 is 0. The number of fused-ring (bicyclic) bond motifs is 8. The topological polar surface area (TPSA) is 14.2 Å². The molecule has 1 aliphatic rings. The zero-order valence-corrected chi connectivity index (χ0v) is 22.5. The minimum absolute atomic E-state index is 0.0184. The number of benzene rings is 5. The highest BCUT2D eigenvalue weighted by Crippen LogP contribution is 2.39. The lowest BCUT2D eigenvalue weighted by Gasteiger charge is -2.29. The van der Waals surface area contributed by atoms with Crippen molar-refractivity contribution in [2.24, 2.45) is 0 Å².